The lowest BCUT2D eigenvalue weighted by Crippen LogP contribution is -2.30. The third-order valence-corrected chi connectivity index (χ3v) is 4.95. The molecule has 148 valence electrons. The molecule has 5 heteroatoms. The van der Waals surface area contributed by atoms with Gasteiger partial charge < -0.3 is 14.8 Å². The predicted octanol–water partition coefficient (Wildman–Crippen LogP) is 4.16. The maximum Gasteiger partial charge on any atom is 0.252 e. The Balaban J connectivity index is 1.49. The molecule has 3 aromatic rings. The largest absolute Gasteiger partial charge is 0.491 e. The van der Waals surface area contributed by atoms with E-state index in [9.17, 15) is 4.79 Å². The van der Waals surface area contributed by atoms with Crippen LogP contribution in [0.4, 0.5) is 0 Å². The first kappa shape index (κ1) is 19.2. The van der Waals surface area contributed by atoms with Crippen LogP contribution in [0.1, 0.15) is 40.5 Å². The fourth-order valence-corrected chi connectivity index (χ4v) is 3.43. The average Bonchev–Trinajstić information content (AvgIpc) is 3.31. The van der Waals surface area contributed by atoms with E-state index in [2.05, 4.69) is 10.3 Å². The summed E-state index contributed by atoms with van der Waals surface area (Å²) in [6.45, 7) is 1.30. The number of nitrogens with zero attached hydrogens (tertiary/aromatic N) is 1. The molecule has 2 heterocycles. The van der Waals surface area contributed by atoms with Crippen molar-refractivity contribution in [1.29, 1.82) is 0 Å². The van der Waals surface area contributed by atoms with Crippen LogP contribution in [0.25, 0.3) is 0 Å². The van der Waals surface area contributed by atoms with E-state index in [-0.39, 0.29) is 18.1 Å². The molecule has 0 bridgehead atoms. The molecular formula is C24H24N2O3. The minimum absolute atomic E-state index is 0.138. The fraction of sp³-hybridized carbons (Fsp3) is 0.250. The summed E-state index contributed by atoms with van der Waals surface area (Å²) < 4.78 is 11.4. The summed E-state index contributed by atoms with van der Waals surface area (Å²) in [5.41, 5.74) is 2.31. The van der Waals surface area contributed by atoms with Crippen LogP contribution in [-0.4, -0.2) is 30.2 Å². The first-order valence-electron chi connectivity index (χ1n) is 9.91. The average molecular weight is 388 g/mol. The number of aromatic nitrogens is 1. The standard InChI is InChI=1S/C24H24N2O3/c27-24(19-10-6-11-20(16-19)29-17-21-12-7-15-28-21)26-23(18-8-2-1-3-9-18)22-13-4-5-14-25-22/h1-6,8-11,13-14,16,21,23H,7,12,15,17H2,(H,26,27). The number of carbonyl (C=O) groups excluding carboxylic acids is 1. The SMILES string of the molecule is O=C(NC(c1ccccc1)c1ccccn1)c1cccc(OCC2CCCO2)c1. The molecule has 2 aromatic carbocycles. The summed E-state index contributed by atoms with van der Waals surface area (Å²) in [6, 6.07) is 22.5. The Bertz CT molecular complexity index is 886. The summed E-state index contributed by atoms with van der Waals surface area (Å²) in [6.07, 6.45) is 3.96. The molecule has 0 spiro atoms. The molecule has 1 fully saturated rings. The normalized spacial score (nSPS) is 16.9. The van der Waals surface area contributed by atoms with Gasteiger partial charge in [0.1, 0.15) is 12.4 Å². The van der Waals surface area contributed by atoms with Crippen molar-refractivity contribution in [1.82, 2.24) is 10.3 Å². The molecule has 29 heavy (non-hydrogen) atoms. The van der Waals surface area contributed by atoms with Gasteiger partial charge in [-0.1, -0.05) is 42.5 Å². The highest BCUT2D eigenvalue weighted by Gasteiger charge is 2.20. The van der Waals surface area contributed by atoms with E-state index in [1.807, 2.05) is 60.7 Å². The number of rotatable bonds is 7. The topological polar surface area (TPSA) is 60.5 Å². The van der Waals surface area contributed by atoms with Crippen LogP contribution >= 0.6 is 0 Å². The van der Waals surface area contributed by atoms with E-state index >= 15 is 0 Å². The quantitative estimate of drug-likeness (QED) is 0.660. The van der Waals surface area contributed by atoms with Gasteiger partial charge in [0.25, 0.3) is 5.91 Å². The zero-order valence-corrected chi connectivity index (χ0v) is 16.2. The van der Waals surface area contributed by atoms with Gasteiger partial charge in [-0.25, -0.2) is 0 Å². The lowest BCUT2D eigenvalue weighted by Gasteiger charge is -2.19. The molecule has 1 saturated heterocycles. The second-order valence-corrected chi connectivity index (χ2v) is 7.05. The van der Waals surface area contributed by atoms with Gasteiger partial charge in [-0.15, -0.1) is 0 Å². The van der Waals surface area contributed by atoms with E-state index in [1.165, 1.54) is 0 Å². The number of amides is 1. The number of benzene rings is 2. The maximum absolute atomic E-state index is 13.0. The van der Waals surface area contributed by atoms with Gasteiger partial charge in [0, 0.05) is 18.4 Å². The second-order valence-electron chi connectivity index (χ2n) is 7.05. The third-order valence-electron chi connectivity index (χ3n) is 4.95. The van der Waals surface area contributed by atoms with Gasteiger partial charge >= 0.3 is 0 Å². The first-order chi connectivity index (χ1) is 14.3. The molecule has 5 nitrogen and oxygen atoms in total. The summed E-state index contributed by atoms with van der Waals surface area (Å²) >= 11 is 0. The van der Waals surface area contributed by atoms with Gasteiger partial charge in [-0.05, 0) is 48.7 Å². The molecule has 1 aliphatic rings. The van der Waals surface area contributed by atoms with Crippen molar-refractivity contribution < 1.29 is 14.3 Å². The Morgan fingerprint density at radius 2 is 1.97 bits per heavy atom. The van der Waals surface area contributed by atoms with Gasteiger partial charge in [0.15, 0.2) is 0 Å². The molecule has 1 aromatic heterocycles. The molecule has 0 aliphatic carbocycles. The highest BCUT2D eigenvalue weighted by Crippen LogP contribution is 2.22. The number of hydrogen-bond acceptors (Lipinski definition) is 4. The highest BCUT2D eigenvalue weighted by atomic mass is 16.5. The Labute approximate surface area is 170 Å². The molecule has 1 amide bonds. The minimum atomic E-state index is -0.332. The molecule has 0 radical (unpaired) electrons. The van der Waals surface area contributed by atoms with Crippen molar-refractivity contribution >= 4 is 5.91 Å². The van der Waals surface area contributed by atoms with Crippen molar-refractivity contribution in [2.45, 2.75) is 25.0 Å². The molecule has 4 rings (SSSR count). The Kier molecular flexibility index (Phi) is 6.17. The fourth-order valence-electron chi connectivity index (χ4n) is 3.43. The van der Waals surface area contributed by atoms with E-state index in [4.69, 9.17) is 9.47 Å². The molecule has 0 saturated carbocycles. The second kappa shape index (κ2) is 9.34. The van der Waals surface area contributed by atoms with Crippen molar-refractivity contribution in [2.75, 3.05) is 13.2 Å². The van der Waals surface area contributed by atoms with E-state index in [0.29, 0.717) is 17.9 Å². The zero-order valence-electron chi connectivity index (χ0n) is 16.2. The summed E-state index contributed by atoms with van der Waals surface area (Å²) in [5.74, 6) is 0.495. The lowest BCUT2D eigenvalue weighted by molar-refractivity contribution is 0.0679. The van der Waals surface area contributed by atoms with Crippen LogP contribution in [0.3, 0.4) is 0 Å². The van der Waals surface area contributed by atoms with E-state index in [1.54, 1.807) is 18.3 Å². The van der Waals surface area contributed by atoms with Crippen LogP contribution in [0.15, 0.2) is 79.0 Å². The Morgan fingerprint density at radius 3 is 2.72 bits per heavy atom. The monoisotopic (exact) mass is 388 g/mol. The number of nitrogens with one attached hydrogen (secondary N) is 1. The Hall–Kier alpha value is -3.18. The number of ether oxygens (including phenoxy) is 2. The molecule has 2 atom stereocenters. The molecule has 1 aliphatic heterocycles. The van der Waals surface area contributed by atoms with Gasteiger partial charge in [0.05, 0.1) is 17.8 Å². The zero-order chi connectivity index (χ0) is 19.9. The predicted molar refractivity (Wildman–Crippen MR) is 111 cm³/mol. The van der Waals surface area contributed by atoms with Gasteiger partial charge in [-0.3, -0.25) is 9.78 Å². The van der Waals surface area contributed by atoms with Crippen LogP contribution < -0.4 is 10.1 Å². The van der Waals surface area contributed by atoms with Crippen LogP contribution in [0.5, 0.6) is 5.75 Å². The summed E-state index contributed by atoms with van der Waals surface area (Å²) in [5, 5.41) is 3.11. The van der Waals surface area contributed by atoms with Crippen molar-refractivity contribution in [3.8, 4) is 5.75 Å². The Morgan fingerprint density at radius 1 is 1.10 bits per heavy atom. The highest BCUT2D eigenvalue weighted by molar-refractivity contribution is 5.95. The number of hydrogen-bond donors (Lipinski definition) is 1. The van der Waals surface area contributed by atoms with Crippen molar-refractivity contribution in [3.63, 3.8) is 0 Å². The van der Waals surface area contributed by atoms with Crippen molar-refractivity contribution in [2.24, 2.45) is 0 Å². The lowest BCUT2D eigenvalue weighted by atomic mass is 10.0. The van der Waals surface area contributed by atoms with Crippen LogP contribution in [0.2, 0.25) is 0 Å². The van der Waals surface area contributed by atoms with Gasteiger partial charge in [0.2, 0.25) is 0 Å². The summed E-state index contributed by atoms with van der Waals surface area (Å²) in [4.78, 5) is 17.4. The van der Waals surface area contributed by atoms with Crippen LogP contribution in [0, 0.1) is 0 Å². The summed E-state index contributed by atoms with van der Waals surface area (Å²) in [7, 11) is 0. The molecule has 2 unspecified atom stereocenters. The molecular weight excluding hydrogens is 364 g/mol. The molecule has 1 N–H and O–H groups in total. The minimum Gasteiger partial charge on any atom is -0.491 e. The smallest absolute Gasteiger partial charge is 0.252 e. The number of carbonyl (C=O) groups is 1. The van der Waals surface area contributed by atoms with Crippen molar-refractivity contribution in [3.05, 3.63) is 95.8 Å². The van der Waals surface area contributed by atoms with Crippen LogP contribution in [-0.2, 0) is 4.74 Å². The number of pyridine rings is 1. The van der Waals surface area contributed by atoms with Gasteiger partial charge in [-0.2, -0.15) is 0 Å². The van der Waals surface area contributed by atoms with E-state index in [0.717, 1.165) is 30.7 Å². The maximum atomic E-state index is 13.0. The third kappa shape index (κ3) is 5.00. The first-order valence-corrected chi connectivity index (χ1v) is 9.91. The van der Waals surface area contributed by atoms with E-state index < -0.39 is 0 Å².